The maximum atomic E-state index is 14.1. The van der Waals surface area contributed by atoms with E-state index in [0.717, 1.165) is 12.8 Å². The summed E-state index contributed by atoms with van der Waals surface area (Å²) in [5.41, 5.74) is -0.143. The number of carbonyl (C=O) groups excluding carboxylic acids is 5. The molecule has 1 fully saturated rings. The molecule has 0 aromatic heterocycles. The number of likely N-dealkylation sites (tertiary alicyclic amines) is 1. The number of amides is 2. The largest absolute Gasteiger partial charge is 0.379 e. The molecule has 50 heavy (non-hydrogen) atoms. The van der Waals surface area contributed by atoms with Crippen LogP contribution in [0.2, 0.25) is 0 Å². The summed E-state index contributed by atoms with van der Waals surface area (Å²) < 4.78 is 11.9. The van der Waals surface area contributed by atoms with Crippen LogP contribution in [0.4, 0.5) is 0 Å². The Bertz CT molecular complexity index is 1110. The minimum absolute atomic E-state index is 0.0186. The lowest BCUT2D eigenvalue weighted by Crippen LogP contribution is -2.53. The molecule has 0 bridgehead atoms. The fourth-order valence-corrected chi connectivity index (χ4v) is 8.04. The van der Waals surface area contributed by atoms with Crippen LogP contribution in [0, 0.1) is 35.0 Å². The van der Waals surface area contributed by atoms with Crippen molar-refractivity contribution in [3.05, 3.63) is 0 Å². The average molecular weight is 708 g/mol. The Balaban J connectivity index is 3.17. The molecule has 10 nitrogen and oxygen atoms in total. The molecule has 1 saturated heterocycles. The lowest BCUT2D eigenvalue weighted by Gasteiger charge is -2.40. The Morgan fingerprint density at radius 2 is 1.42 bits per heavy atom. The van der Waals surface area contributed by atoms with E-state index in [1.54, 1.807) is 33.1 Å². The summed E-state index contributed by atoms with van der Waals surface area (Å²) in [4.78, 5) is 73.2. The first-order valence-electron chi connectivity index (χ1n) is 19.0. The molecular formula is C40H73N3O7. The summed E-state index contributed by atoms with van der Waals surface area (Å²) in [5.74, 6) is -1.29. The van der Waals surface area contributed by atoms with E-state index in [9.17, 15) is 24.0 Å². The number of nitrogens with zero attached hydrogens (tertiary/aromatic N) is 3. The van der Waals surface area contributed by atoms with Gasteiger partial charge in [0.05, 0.1) is 36.8 Å². The Labute approximate surface area is 304 Å². The third-order valence-corrected chi connectivity index (χ3v) is 10.9. The summed E-state index contributed by atoms with van der Waals surface area (Å²) in [6.07, 6.45) is 2.62. The van der Waals surface area contributed by atoms with Crippen LogP contribution in [-0.2, 0) is 33.4 Å². The van der Waals surface area contributed by atoms with E-state index in [2.05, 4.69) is 13.8 Å². The second-order valence-electron chi connectivity index (χ2n) is 16.8. The van der Waals surface area contributed by atoms with E-state index in [-0.39, 0.29) is 89.7 Å². The van der Waals surface area contributed by atoms with E-state index >= 15 is 0 Å². The Morgan fingerprint density at radius 3 is 1.88 bits per heavy atom. The second kappa shape index (κ2) is 20.8. The van der Waals surface area contributed by atoms with Crippen molar-refractivity contribution in [3.63, 3.8) is 0 Å². The summed E-state index contributed by atoms with van der Waals surface area (Å²) in [6.45, 7) is 20.4. The van der Waals surface area contributed by atoms with Crippen molar-refractivity contribution >= 4 is 29.2 Å². The average Bonchev–Trinajstić information content (AvgIpc) is 3.51. The zero-order valence-corrected chi connectivity index (χ0v) is 34.3. The first-order chi connectivity index (χ1) is 23.2. The molecule has 10 heteroatoms. The van der Waals surface area contributed by atoms with Crippen LogP contribution >= 0.6 is 0 Å². The number of hydrogen-bond acceptors (Lipinski definition) is 8. The lowest BCUT2D eigenvalue weighted by molar-refractivity contribution is -0.148. The van der Waals surface area contributed by atoms with Gasteiger partial charge in [0.2, 0.25) is 11.8 Å². The molecular weight excluding hydrogens is 634 g/mol. The van der Waals surface area contributed by atoms with E-state index in [0.29, 0.717) is 25.8 Å². The lowest BCUT2D eigenvalue weighted by atomic mass is 9.81. The molecule has 290 valence electrons. The van der Waals surface area contributed by atoms with E-state index in [1.807, 2.05) is 72.4 Å². The molecule has 0 aromatic carbocycles. The van der Waals surface area contributed by atoms with Gasteiger partial charge in [-0.2, -0.15) is 0 Å². The summed E-state index contributed by atoms with van der Waals surface area (Å²) in [7, 11) is 8.69. The third kappa shape index (κ3) is 12.8. The molecule has 0 radical (unpaired) electrons. The van der Waals surface area contributed by atoms with Gasteiger partial charge in [-0.15, -0.1) is 0 Å². The van der Waals surface area contributed by atoms with Crippen LogP contribution in [0.1, 0.15) is 121 Å². The number of ketones is 3. The SMILES string of the molecule is CC[C@H](CC(=O)[C@H](C)[C@@H](OC)[C@@H]1CCCN1C(=O)C[C@@H](OC)[C@H]([C@@H](C)CC)N(C)C(=O)[C@H](C)CC(=O)[C@H](C(C)C)N(C)C)C(=O)CC(C)(C)C. The van der Waals surface area contributed by atoms with Crippen molar-refractivity contribution in [1.82, 2.24) is 14.7 Å². The molecule has 1 rings (SSSR count). The molecule has 0 aromatic rings. The van der Waals surface area contributed by atoms with Gasteiger partial charge in [-0.1, -0.05) is 75.7 Å². The normalized spacial score (nSPS) is 20.2. The standard InChI is InChI=1S/C40H73N3O7/c1-16-26(5)37(42(13)39(48)27(6)21-32(45)36(25(3)4)41(11)12)34(49-14)23-35(47)43-20-18-19-30(43)38(50-15)28(7)31(44)22-29(17-2)33(46)24-40(8,9)10/h25-30,34,36-38H,16-24H2,1-15H3/t26-,27+,28-,29+,30-,34+,36-,37-,38+/m0/s1. The number of carbonyl (C=O) groups is 5. The van der Waals surface area contributed by atoms with Crippen LogP contribution < -0.4 is 0 Å². The maximum absolute atomic E-state index is 14.1. The second-order valence-corrected chi connectivity index (χ2v) is 16.8. The van der Waals surface area contributed by atoms with Crippen molar-refractivity contribution < 1.29 is 33.4 Å². The number of ether oxygens (including phenoxy) is 2. The third-order valence-electron chi connectivity index (χ3n) is 10.9. The number of likely N-dealkylation sites (N-methyl/N-ethyl adjacent to an activating group) is 2. The van der Waals surface area contributed by atoms with Crippen LogP contribution in [0.15, 0.2) is 0 Å². The fourth-order valence-electron chi connectivity index (χ4n) is 8.04. The van der Waals surface area contributed by atoms with Gasteiger partial charge in [0, 0.05) is 64.8 Å². The number of rotatable bonds is 22. The molecule has 9 atom stereocenters. The Kier molecular flexibility index (Phi) is 19.0. The number of methoxy groups -OCH3 is 2. The minimum Gasteiger partial charge on any atom is -0.379 e. The van der Waals surface area contributed by atoms with Gasteiger partial charge in [0.1, 0.15) is 11.6 Å². The van der Waals surface area contributed by atoms with Crippen molar-refractivity contribution in [3.8, 4) is 0 Å². The van der Waals surface area contributed by atoms with Crippen molar-refractivity contribution in [1.29, 1.82) is 0 Å². The summed E-state index contributed by atoms with van der Waals surface area (Å²) >= 11 is 0. The van der Waals surface area contributed by atoms with Crippen molar-refractivity contribution in [2.24, 2.45) is 35.0 Å². The first kappa shape index (κ1) is 45.9. The highest BCUT2D eigenvalue weighted by molar-refractivity contribution is 5.90. The van der Waals surface area contributed by atoms with Crippen LogP contribution in [0.5, 0.6) is 0 Å². The maximum Gasteiger partial charge on any atom is 0.225 e. The molecule has 0 unspecified atom stereocenters. The summed E-state index contributed by atoms with van der Waals surface area (Å²) in [5, 5.41) is 0. The van der Waals surface area contributed by atoms with Gasteiger partial charge in [-0.3, -0.25) is 28.9 Å². The first-order valence-corrected chi connectivity index (χ1v) is 19.0. The van der Waals surface area contributed by atoms with Gasteiger partial charge in [0.15, 0.2) is 5.78 Å². The van der Waals surface area contributed by atoms with Gasteiger partial charge < -0.3 is 19.3 Å². The van der Waals surface area contributed by atoms with Crippen LogP contribution in [0.3, 0.4) is 0 Å². The minimum atomic E-state index is -0.570. The summed E-state index contributed by atoms with van der Waals surface area (Å²) in [6, 6.07) is -0.936. The van der Waals surface area contributed by atoms with Gasteiger partial charge in [-0.05, 0) is 50.6 Å². The van der Waals surface area contributed by atoms with Gasteiger partial charge in [-0.25, -0.2) is 0 Å². The molecule has 1 heterocycles. The van der Waals surface area contributed by atoms with Gasteiger partial charge >= 0.3 is 0 Å². The molecule has 0 aliphatic carbocycles. The number of Topliss-reactive ketones (excluding diaryl/α,β-unsaturated/α-hetero) is 3. The van der Waals surface area contributed by atoms with Crippen molar-refractivity contribution in [2.45, 2.75) is 151 Å². The predicted octanol–water partition coefficient (Wildman–Crippen LogP) is 6.08. The molecule has 0 spiro atoms. The molecule has 2 amide bonds. The zero-order chi connectivity index (χ0) is 38.7. The topological polar surface area (TPSA) is 114 Å². The molecule has 0 saturated carbocycles. The monoisotopic (exact) mass is 708 g/mol. The highest BCUT2D eigenvalue weighted by atomic mass is 16.5. The van der Waals surface area contributed by atoms with E-state index in [1.165, 1.54) is 0 Å². The van der Waals surface area contributed by atoms with E-state index in [4.69, 9.17) is 9.47 Å². The Hall–Kier alpha value is -2.17. The number of hydrogen-bond donors (Lipinski definition) is 0. The Morgan fingerprint density at radius 1 is 0.820 bits per heavy atom. The quantitative estimate of drug-likeness (QED) is 0.133. The molecule has 0 N–H and O–H groups in total. The van der Waals surface area contributed by atoms with Crippen LogP contribution in [0.25, 0.3) is 0 Å². The molecule has 1 aliphatic heterocycles. The van der Waals surface area contributed by atoms with Gasteiger partial charge in [0.25, 0.3) is 0 Å². The predicted molar refractivity (Wildman–Crippen MR) is 200 cm³/mol. The highest BCUT2D eigenvalue weighted by Gasteiger charge is 2.43. The highest BCUT2D eigenvalue weighted by Crippen LogP contribution is 2.32. The fraction of sp³-hybridized carbons (Fsp3) is 0.875. The van der Waals surface area contributed by atoms with E-state index < -0.39 is 24.0 Å². The zero-order valence-electron chi connectivity index (χ0n) is 34.3. The van der Waals surface area contributed by atoms with Crippen LogP contribution in [-0.4, -0.2) is 116 Å². The van der Waals surface area contributed by atoms with Crippen molar-refractivity contribution in [2.75, 3.05) is 41.9 Å². The molecule has 1 aliphatic rings. The smallest absolute Gasteiger partial charge is 0.225 e.